The van der Waals surface area contributed by atoms with E-state index in [1.54, 1.807) is 6.92 Å². The molecular weight excluding hydrogens is 271 g/mol. The van der Waals surface area contributed by atoms with Crippen LogP contribution in [0.3, 0.4) is 0 Å². The van der Waals surface area contributed by atoms with E-state index in [1.807, 2.05) is 6.92 Å². The molecule has 1 aromatic rings. The van der Waals surface area contributed by atoms with Crippen molar-refractivity contribution in [3.8, 4) is 5.75 Å². The molecule has 0 heterocycles. The van der Waals surface area contributed by atoms with Crippen LogP contribution in [-0.4, -0.2) is 12.0 Å². The van der Waals surface area contributed by atoms with Gasteiger partial charge >= 0.3 is 12.1 Å². The molecule has 0 bridgehead atoms. The Labute approximate surface area is 115 Å². The number of halogens is 3. The number of nitrogens with one attached hydrogen (secondary N) is 1. The predicted octanol–water partition coefficient (Wildman–Crippen LogP) is 4.01. The molecule has 110 valence electrons. The second kappa shape index (κ2) is 6.45. The first-order valence-electron chi connectivity index (χ1n) is 6.10. The van der Waals surface area contributed by atoms with Crippen LogP contribution in [0, 0.1) is 0 Å². The SMILES string of the molecule is C=CC(=O)Oc1cccc(NC(C)CC)c1C(F)(F)F. The van der Waals surface area contributed by atoms with Gasteiger partial charge in [0.1, 0.15) is 11.3 Å². The Hall–Kier alpha value is -1.98. The van der Waals surface area contributed by atoms with Gasteiger partial charge in [-0.05, 0) is 25.5 Å². The summed E-state index contributed by atoms with van der Waals surface area (Å²) in [4.78, 5) is 11.1. The number of ether oxygens (including phenoxy) is 1. The average molecular weight is 287 g/mol. The fourth-order valence-corrected chi connectivity index (χ4v) is 1.55. The maximum absolute atomic E-state index is 13.2. The number of hydrogen-bond donors (Lipinski definition) is 1. The molecule has 1 unspecified atom stereocenters. The molecule has 0 aliphatic carbocycles. The summed E-state index contributed by atoms with van der Waals surface area (Å²) in [7, 11) is 0. The van der Waals surface area contributed by atoms with Crippen LogP contribution in [0.2, 0.25) is 0 Å². The van der Waals surface area contributed by atoms with Gasteiger partial charge in [-0.25, -0.2) is 4.79 Å². The van der Waals surface area contributed by atoms with Gasteiger partial charge in [0, 0.05) is 12.1 Å². The molecule has 0 aliphatic heterocycles. The Morgan fingerprint density at radius 2 is 2.15 bits per heavy atom. The lowest BCUT2D eigenvalue weighted by Gasteiger charge is -2.20. The van der Waals surface area contributed by atoms with Crippen LogP contribution >= 0.6 is 0 Å². The molecule has 0 spiro atoms. The molecule has 0 saturated heterocycles. The molecule has 6 heteroatoms. The zero-order valence-corrected chi connectivity index (χ0v) is 11.3. The molecule has 0 aliphatic rings. The van der Waals surface area contributed by atoms with Crippen molar-refractivity contribution in [1.82, 2.24) is 0 Å². The van der Waals surface area contributed by atoms with Crippen LogP contribution in [0.15, 0.2) is 30.9 Å². The fraction of sp³-hybridized carbons (Fsp3) is 0.357. The highest BCUT2D eigenvalue weighted by Gasteiger charge is 2.38. The summed E-state index contributed by atoms with van der Waals surface area (Å²) >= 11 is 0. The minimum Gasteiger partial charge on any atom is -0.423 e. The Bertz CT molecular complexity index is 498. The third-order valence-corrected chi connectivity index (χ3v) is 2.70. The van der Waals surface area contributed by atoms with Crippen molar-refractivity contribution in [2.75, 3.05) is 5.32 Å². The van der Waals surface area contributed by atoms with Gasteiger partial charge in [0.15, 0.2) is 0 Å². The van der Waals surface area contributed by atoms with Crippen LogP contribution in [0.25, 0.3) is 0 Å². The van der Waals surface area contributed by atoms with Gasteiger partial charge in [0.2, 0.25) is 0 Å². The smallest absolute Gasteiger partial charge is 0.421 e. The molecule has 1 atom stereocenters. The zero-order chi connectivity index (χ0) is 15.3. The van der Waals surface area contributed by atoms with Gasteiger partial charge in [-0.3, -0.25) is 0 Å². The van der Waals surface area contributed by atoms with E-state index >= 15 is 0 Å². The van der Waals surface area contributed by atoms with Crippen molar-refractivity contribution in [3.05, 3.63) is 36.4 Å². The van der Waals surface area contributed by atoms with Crippen LogP contribution in [0.4, 0.5) is 18.9 Å². The Morgan fingerprint density at radius 3 is 2.65 bits per heavy atom. The first kappa shape index (κ1) is 16.1. The summed E-state index contributed by atoms with van der Waals surface area (Å²) < 4.78 is 44.1. The van der Waals surface area contributed by atoms with Crippen molar-refractivity contribution >= 4 is 11.7 Å². The van der Waals surface area contributed by atoms with Crippen molar-refractivity contribution in [3.63, 3.8) is 0 Å². The van der Waals surface area contributed by atoms with E-state index in [9.17, 15) is 18.0 Å². The van der Waals surface area contributed by atoms with Gasteiger partial charge in [-0.2, -0.15) is 13.2 Å². The largest absolute Gasteiger partial charge is 0.423 e. The molecule has 0 fully saturated rings. The predicted molar refractivity (Wildman–Crippen MR) is 70.7 cm³/mol. The monoisotopic (exact) mass is 287 g/mol. The fourth-order valence-electron chi connectivity index (χ4n) is 1.55. The number of carbonyl (C=O) groups excluding carboxylic acids is 1. The van der Waals surface area contributed by atoms with Crippen LogP contribution in [0.5, 0.6) is 5.75 Å². The first-order chi connectivity index (χ1) is 9.29. The summed E-state index contributed by atoms with van der Waals surface area (Å²) in [5.74, 6) is -1.47. The molecule has 1 N–H and O–H groups in total. The van der Waals surface area contributed by atoms with Crippen LogP contribution in [0.1, 0.15) is 25.8 Å². The first-order valence-corrected chi connectivity index (χ1v) is 6.10. The highest BCUT2D eigenvalue weighted by Crippen LogP contribution is 2.41. The molecule has 0 radical (unpaired) electrons. The lowest BCUT2D eigenvalue weighted by atomic mass is 10.1. The molecule has 0 aromatic heterocycles. The van der Waals surface area contributed by atoms with E-state index in [-0.39, 0.29) is 11.7 Å². The van der Waals surface area contributed by atoms with E-state index in [4.69, 9.17) is 0 Å². The summed E-state index contributed by atoms with van der Waals surface area (Å²) in [6.45, 7) is 6.78. The second-order valence-electron chi connectivity index (χ2n) is 4.26. The average Bonchev–Trinajstić information content (AvgIpc) is 2.37. The van der Waals surface area contributed by atoms with Crippen LogP contribution < -0.4 is 10.1 Å². The summed E-state index contributed by atoms with van der Waals surface area (Å²) in [6, 6.07) is 3.67. The van der Waals surface area contributed by atoms with E-state index in [0.29, 0.717) is 6.42 Å². The quantitative estimate of drug-likeness (QED) is 0.505. The maximum Gasteiger partial charge on any atom is 0.421 e. The van der Waals surface area contributed by atoms with Gasteiger partial charge in [0.25, 0.3) is 0 Å². The molecule has 20 heavy (non-hydrogen) atoms. The van der Waals surface area contributed by atoms with Gasteiger partial charge < -0.3 is 10.1 Å². The van der Waals surface area contributed by atoms with E-state index in [1.165, 1.54) is 12.1 Å². The molecule has 1 rings (SSSR count). The molecule has 0 saturated carbocycles. The number of carbonyl (C=O) groups is 1. The molecule has 3 nitrogen and oxygen atoms in total. The number of rotatable bonds is 5. The Kier molecular flexibility index (Phi) is 5.19. The summed E-state index contributed by atoms with van der Waals surface area (Å²) in [5, 5.41) is 2.76. The zero-order valence-electron chi connectivity index (χ0n) is 11.3. The molecular formula is C14H16F3NO2. The number of anilines is 1. The highest BCUT2D eigenvalue weighted by molar-refractivity contribution is 5.84. The Balaban J connectivity index is 3.27. The minimum atomic E-state index is -4.63. The molecule has 0 amide bonds. The number of alkyl halides is 3. The number of benzene rings is 1. The maximum atomic E-state index is 13.2. The van der Waals surface area contributed by atoms with Gasteiger partial charge in [-0.15, -0.1) is 0 Å². The summed E-state index contributed by atoms with van der Waals surface area (Å²) in [5.41, 5.74) is -1.10. The van der Waals surface area contributed by atoms with Crippen molar-refractivity contribution in [2.24, 2.45) is 0 Å². The van der Waals surface area contributed by atoms with Gasteiger partial charge in [0.05, 0.1) is 5.69 Å². The van der Waals surface area contributed by atoms with Crippen molar-refractivity contribution in [1.29, 1.82) is 0 Å². The molecule has 1 aromatic carbocycles. The van der Waals surface area contributed by atoms with Crippen LogP contribution in [-0.2, 0) is 11.0 Å². The van der Waals surface area contributed by atoms with E-state index in [0.717, 1.165) is 12.1 Å². The topological polar surface area (TPSA) is 38.3 Å². The number of esters is 1. The summed E-state index contributed by atoms with van der Waals surface area (Å²) in [6.07, 6.45) is -3.16. The lowest BCUT2D eigenvalue weighted by Crippen LogP contribution is -2.19. The van der Waals surface area contributed by atoms with Gasteiger partial charge in [-0.1, -0.05) is 19.6 Å². The third kappa shape index (κ3) is 4.01. The van der Waals surface area contributed by atoms with Crippen molar-refractivity contribution < 1.29 is 22.7 Å². The highest BCUT2D eigenvalue weighted by atomic mass is 19.4. The standard InChI is InChI=1S/C14H16F3NO2/c1-4-9(3)18-10-7-6-8-11(20-12(19)5-2)13(10)14(15,16)17/h5-9,18H,2,4H2,1,3H3. The Morgan fingerprint density at radius 1 is 1.50 bits per heavy atom. The lowest BCUT2D eigenvalue weighted by molar-refractivity contribution is -0.140. The minimum absolute atomic E-state index is 0.110. The van der Waals surface area contributed by atoms with E-state index in [2.05, 4.69) is 16.6 Å². The van der Waals surface area contributed by atoms with E-state index < -0.39 is 23.5 Å². The third-order valence-electron chi connectivity index (χ3n) is 2.70. The normalized spacial score (nSPS) is 12.7. The second-order valence-corrected chi connectivity index (χ2v) is 4.26. The van der Waals surface area contributed by atoms with Crippen molar-refractivity contribution in [2.45, 2.75) is 32.5 Å². The number of hydrogen-bond acceptors (Lipinski definition) is 3.